The van der Waals surface area contributed by atoms with Crippen LogP contribution in [0.5, 0.6) is 0 Å². The van der Waals surface area contributed by atoms with Crippen molar-refractivity contribution in [3.8, 4) is 0 Å². The molecule has 0 N–H and O–H groups in total. The zero-order valence-electron chi connectivity index (χ0n) is 14.9. The highest BCUT2D eigenvalue weighted by Gasteiger charge is 2.27. The lowest BCUT2D eigenvalue weighted by atomic mass is 9.81. The molecule has 1 rings (SSSR count). The third-order valence-corrected chi connectivity index (χ3v) is 3.57. The molecule has 0 bridgehead atoms. The average molecular weight is 299 g/mol. The zero-order chi connectivity index (χ0) is 16.6. The van der Waals surface area contributed by atoms with E-state index in [1.54, 1.807) is 7.05 Å². The molecule has 1 saturated carbocycles. The molecule has 0 atom stereocenters. The number of rotatable bonds is 3. The molecule has 0 radical (unpaired) electrons. The highest BCUT2D eigenvalue weighted by molar-refractivity contribution is 5.86. The van der Waals surface area contributed by atoms with Crippen molar-refractivity contribution in [1.29, 1.82) is 0 Å². The molecule has 4 nitrogen and oxygen atoms in total. The fourth-order valence-corrected chi connectivity index (χ4v) is 2.35. The Labute approximate surface area is 130 Å². The van der Waals surface area contributed by atoms with Gasteiger partial charge in [-0.25, -0.2) is 4.79 Å². The number of ketones is 1. The average Bonchev–Trinajstić information content (AvgIpc) is 2.39. The van der Waals surface area contributed by atoms with Gasteiger partial charge in [-0.15, -0.1) is 0 Å². The van der Waals surface area contributed by atoms with Crippen LogP contribution in [0.2, 0.25) is 0 Å². The largest absolute Gasteiger partial charge is 0.444 e. The lowest BCUT2D eigenvalue weighted by molar-refractivity contribution is -0.124. The van der Waals surface area contributed by atoms with Crippen LogP contribution in [0.15, 0.2) is 0 Å². The van der Waals surface area contributed by atoms with E-state index in [4.69, 9.17) is 4.74 Å². The molecule has 1 fully saturated rings. The molecular formula is C17H33NO3. The normalized spacial score (nSPS) is 21.9. The number of Topliss-reactive ketones (excluding diaryl/α,β-unsaturated/α-hetero) is 1. The minimum atomic E-state index is -0.519. The Bertz CT molecular complexity index is 325. The first-order chi connectivity index (χ1) is 9.69. The minimum absolute atomic E-state index is 0.126. The second-order valence-corrected chi connectivity index (χ2v) is 6.76. The number of carbonyl (C=O) groups is 2. The summed E-state index contributed by atoms with van der Waals surface area (Å²) in [4.78, 5) is 25.3. The van der Waals surface area contributed by atoms with E-state index in [-0.39, 0.29) is 18.2 Å². The maximum absolute atomic E-state index is 12.1. The number of likely N-dealkylation sites (N-methyl/N-ethyl adjacent to an activating group) is 1. The van der Waals surface area contributed by atoms with Crippen molar-refractivity contribution in [1.82, 2.24) is 4.90 Å². The van der Waals surface area contributed by atoms with Gasteiger partial charge in [0.25, 0.3) is 0 Å². The lowest BCUT2D eigenvalue weighted by Gasteiger charge is -2.28. The van der Waals surface area contributed by atoms with Crippen LogP contribution in [0.1, 0.15) is 67.2 Å². The van der Waals surface area contributed by atoms with E-state index in [0.717, 1.165) is 31.6 Å². The molecule has 0 aromatic heterocycles. The van der Waals surface area contributed by atoms with Crippen molar-refractivity contribution in [3.63, 3.8) is 0 Å². The summed E-state index contributed by atoms with van der Waals surface area (Å²) in [6.07, 6.45) is 3.73. The molecule has 0 spiro atoms. The molecule has 1 aliphatic carbocycles. The molecule has 0 aliphatic heterocycles. The van der Waals surface area contributed by atoms with E-state index in [1.165, 1.54) is 4.90 Å². The van der Waals surface area contributed by atoms with Crippen molar-refractivity contribution in [2.45, 2.75) is 72.8 Å². The van der Waals surface area contributed by atoms with Crippen LogP contribution in [0.4, 0.5) is 4.79 Å². The number of hydrogen-bond acceptors (Lipinski definition) is 3. The van der Waals surface area contributed by atoms with Crippen LogP contribution in [-0.4, -0.2) is 36.0 Å². The summed E-state index contributed by atoms with van der Waals surface area (Å²) in [6, 6.07) is 0. The number of ether oxygens (including phenoxy) is 1. The van der Waals surface area contributed by atoms with Crippen LogP contribution in [0, 0.1) is 11.8 Å². The molecule has 1 amide bonds. The quantitative estimate of drug-likeness (QED) is 0.781. The molecule has 0 unspecified atom stereocenters. The van der Waals surface area contributed by atoms with Gasteiger partial charge in [0.15, 0.2) is 5.78 Å². The Morgan fingerprint density at radius 3 is 2.00 bits per heavy atom. The first-order valence-corrected chi connectivity index (χ1v) is 8.16. The molecule has 0 heterocycles. The summed E-state index contributed by atoms with van der Waals surface area (Å²) in [5.41, 5.74) is -0.519. The second kappa shape index (κ2) is 9.06. The predicted octanol–water partition coefficient (Wildman–Crippen LogP) is 4.27. The topological polar surface area (TPSA) is 46.6 Å². The molecule has 0 aromatic carbocycles. The van der Waals surface area contributed by atoms with Crippen LogP contribution in [0.25, 0.3) is 0 Å². The highest BCUT2D eigenvalue weighted by atomic mass is 16.6. The van der Waals surface area contributed by atoms with E-state index in [1.807, 2.05) is 34.6 Å². The zero-order valence-corrected chi connectivity index (χ0v) is 14.9. The first kappa shape index (κ1) is 19.9. The fraction of sp³-hybridized carbons (Fsp3) is 0.882. The summed E-state index contributed by atoms with van der Waals surface area (Å²) in [7, 11) is 1.62. The Morgan fingerprint density at radius 2 is 1.57 bits per heavy atom. The van der Waals surface area contributed by atoms with Gasteiger partial charge in [-0.3, -0.25) is 4.79 Å². The van der Waals surface area contributed by atoms with Crippen LogP contribution >= 0.6 is 0 Å². The van der Waals surface area contributed by atoms with Crippen LogP contribution < -0.4 is 0 Å². The highest BCUT2D eigenvalue weighted by Crippen LogP contribution is 2.28. The summed E-state index contributed by atoms with van der Waals surface area (Å²) in [5, 5.41) is 0. The monoisotopic (exact) mass is 299 g/mol. The summed E-state index contributed by atoms with van der Waals surface area (Å²) >= 11 is 0. The maximum atomic E-state index is 12.1. The van der Waals surface area contributed by atoms with Gasteiger partial charge in [-0.05, 0) is 39.5 Å². The fourth-order valence-electron chi connectivity index (χ4n) is 2.35. The van der Waals surface area contributed by atoms with Crippen molar-refractivity contribution in [3.05, 3.63) is 0 Å². The maximum Gasteiger partial charge on any atom is 0.410 e. The molecule has 0 saturated heterocycles. The Balaban J connectivity index is 0.00000191. The van der Waals surface area contributed by atoms with Crippen LogP contribution in [0.3, 0.4) is 0 Å². The predicted molar refractivity (Wildman–Crippen MR) is 86.3 cm³/mol. The lowest BCUT2D eigenvalue weighted by Crippen LogP contribution is -2.39. The van der Waals surface area contributed by atoms with Crippen molar-refractivity contribution >= 4 is 11.9 Å². The van der Waals surface area contributed by atoms with Gasteiger partial charge in [0.05, 0.1) is 6.54 Å². The van der Waals surface area contributed by atoms with Gasteiger partial charge in [0.1, 0.15) is 5.60 Å². The van der Waals surface area contributed by atoms with E-state index >= 15 is 0 Å². The second-order valence-electron chi connectivity index (χ2n) is 6.76. The van der Waals surface area contributed by atoms with E-state index in [2.05, 4.69) is 6.92 Å². The number of amides is 1. The van der Waals surface area contributed by atoms with Crippen molar-refractivity contribution < 1.29 is 14.3 Å². The van der Waals surface area contributed by atoms with E-state index < -0.39 is 11.7 Å². The van der Waals surface area contributed by atoms with Gasteiger partial charge in [0.2, 0.25) is 0 Å². The summed E-state index contributed by atoms with van der Waals surface area (Å²) in [6.45, 7) is 11.9. The Hall–Kier alpha value is -1.06. The third kappa shape index (κ3) is 8.08. The third-order valence-electron chi connectivity index (χ3n) is 3.57. The smallest absolute Gasteiger partial charge is 0.410 e. The number of hydrogen-bond donors (Lipinski definition) is 0. The SMILES string of the molecule is CC.CC1CCC(C(=O)CN(C)C(=O)OC(C)(C)C)CC1. The molecule has 21 heavy (non-hydrogen) atoms. The summed E-state index contributed by atoms with van der Waals surface area (Å²) in [5.74, 6) is 1.02. The van der Waals surface area contributed by atoms with Gasteiger partial charge in [0, 0.05) is 13.0 Å². The van der Waals surface area contributed by atoms with Gasteiger partial charge in [-0.2, -0.15) is 0 Å². The van der Waals surface area contributed by atoms with Crippen LogP contribution in [-0.2, 0) is 9.53 Å². The van der Waals surface area contributed by atoms with E-state index in [9.17, 15) is 9.59 Å². The number of carbonyl (C=O) groups excluding carboxylic acids is 2. The summed E-state index contributed by atoms with van der Waals surface area (Å²) < 4.78 is 5.24. The Morgan fingerprint density at radius 1 is 1.10 bits per heavy atom. The molecule has 0 aromatic rings. The van der Waals surface area contributed by atoms with Crippen molar-refractivity contribution in [2.75, 3.05) is 13.6 Å². The van der Waals surface area contributed by atoms with Crippen molar-refractivity contribution in [2.24, 2.45) is 11.8 Å². The molecule has 1 aliphatic rings. The molecule has 124 valence electrons. The minimum Gasteiger partial charge on any atom is -0.444 e. The van der Waals surface area contributed by atoms with Gasteiger partial charge >= 0.3 is 6.09 Å². The van der Waals surface area contributed by atoms with E-state index in [0.29, 0.717) is 0 Å². The first-order valence-electron chi connectivity index (χ1n) is 8.16. The standard InChI is InChI=1S/C15H27NO3.C2H6/c1-11-6-8-12(9-7-11)13(17)10-16(5)14(18)19-15(2,3)4;1-2/h11-12H,6-10H2,1-5H3;1-2H3. The molecule has 4 heteroatoms. The molecular weight excluding hydrogens is 266 g/mol. The Kier molecular flexibility index (Phi) is 8.60. The number of nitrogens with zero attached hydrogens (tertiary/aromatic N) is 1. The van der Waals surface area contributed by atoms with Gasteiger partial charge < -0.3 is 9.64 Å². The van der Waals surface area contributed by atoms with Gasteiger partial charge in [-0.1, -0.05) is 33.6 Å².